The molecule has 0 saturated carbocycles. The van der Waals surface area contributed by atoms with Crippen LogP contribution in [0.1, 0.15) is 12.1 Å². The smallest absolute Gasteiger partial charge is 0.258 e. The van der Waals surface area contributed by atoms with Crippen LogP contribution in [0.3, 0.4) is 0 Å². The van der Waals surface area contributed by atoms with Gasteiger partial charge in [0.05, 0.1) is 5.69 Å². The molecule has 0 bridgehead atoms. The predicted molar refractivity (Wildman–Crippen MR) is 78.8 cm³/mol. The van der Waals surface area contributed by atoms with Crippen LogP contribution in [-0.2, 0) is 6.54 Å². The van der Waals surface area contributed by atoms with E-state index in [-0.39, 0.29) is 5.56 Å². The summed E-state index contributed by atoms with van der Waals surface area (Å²) in [6, 6.07) is 7.28. The van der Waals surface area contributed by atoms with Gasteiger partial charge in [0.2, 0.25) is 0 Å². The Morgan fingerprint density at radius 1 is 1.45 bits per heavy atom. The standard InChI is InChI=1S/C15H20N4O/c1-16-9-12-5-7-18(10-12)11-13-8-15(20)19-6-3-2-4-14(19)17-13/h2-4,6,8,12,16H,5,7,9-11H2,1H3. The van der Waals surface area contributed by atoms with Gasteiger partial charge in [0.25, 0.3) is 5.56 Å². The summed E-state index contributed by atoms with van der Waals surface area (Å²) < 4.78 is 1.58. The Balaban J connectivity index is 1.77. The van der Waals surface area contributed by atoms with Crippen molar-refractivity contribution >= 4 is 5.65 Å². The van der Waals surface area contributed by atoms with E-state index < -0.39 is 0 Å². The second-order valence-electron chi connectivity index (χ2n) is 5.46. The van der Waals surface area contributed by atoms with Crippen molar-refractivity contribution in [2.45, 2.75) is 13.0 Å². The average Bonchev–Trinajstić information content (AvgIpc) is 2.87. The summed E-state index contributed by atoms with van der Waals surface area (Å²) in [5, 5.41) is 3.23. The number of hydrogen-bond donors (Lipinski definition) is 1. The van der Waals surface area contributed by atoms with E-state index in [4.69, 9.17) is 0 Å². The molecule has 1 aliphatic heterocycles. The largest absolute Gasteiger partial charge is 0.319 e. The van der Waals surface area contributed by atoms with Crippen molar-refractivity contribution in [3.05, 3.63) is 46.5 Å². The lowest BCUT2D eigenvalue weighted by Crippen LogP contribution is -2.25. The molecular formula is C15H20N4O. The van der Waals surface area contributed by atoms with Crippen molar-refractivity contribution in [3.63, 3.8) is 0 Å². The molecule has 0 aliphatic carbocycles. The van der Waals surface area contributed by atoms with Crippen molar-refractivity contribution in [2.24, 2.45) is 5.92 Å². The molecule has 3 rings (SSSR count). The summed E-state index contributed by atoms with van der Waals surface area (Å²) in [6.45, 7) is 3.99. The molecule has 1 saturated heterocycles. The topological polar surface area (TPSA) is 49.6 Å². The zero-order chi connectivity index (χ0) is 13.9. The van der Waals surface area contributed by atoms with Gasteiger partial charge in [0, 0.05) is 25.4 Å². The fourth-order valence-corrected chi connectivity index (χ4v) is 2.92. The highest BCUT2D eigenvalue weighted by Crippen LogP contribution is 2.17. The van der Waals surface area contributed by atoms with E-state index in [9.17, 15) is 4.79 Å². The van der Waals surface area contributed by atoms with Gasteiger partial charge in [0.15, 0.2) is 0 Å². The Morgan fingerprint density at radius 3 is 3.20 bits per heavy atom. The van der Waals surface area contributed by atoms with E-state index in [1.807, 2.05) is 25.2 Å². The molecule has 3 heterocycles. The van der Waals surface area contributed by atoms with Crippen LogP contribution in [0.25, 0.3) is 5.65 Å². The molecule has 106 valence electrons. The first kappa shape index (κ1) is 13.3. The minimum absolute atomic E-state index is 0.00317. The van der Waals surface area contributed by atoms with E-state index in [2.05, 4.69) is 15.2 Å². The molecule has 1 N–H and O–H groups in total. The van der Waals surface area contributed by atoms with E-state index >= 15 is 0 Å². The number of likely N-dealkylation sites (tertiary alicyclic amines) is 1. The second-order valence-corrected chi connectivity index (χ2v) is 5.46. The van der Waals surface area contributed by atoms with E-state index in [1.54, 1.807) is 16.7 Å². The van der Waals surface area contributed by atoms with Crippen LogP contribution in [0.15, 0.2) is 35.3 Å². The summed E-state index contributed by atoms with van der Waals surface area (Å²) in [5.74, 6) is 0.710. The third kappa shape index (κ3) is 2.73. The van der Waals surface area contributed by atoms with Crippen LogP contribution in [0, 0.1) is 5.92 Å². The van der Waals surface area contributed by atoms with Crippen LogP contribution in [0.2, 0.25) is 0 Å². The number of rotatable bonds is 4. The van der Waals surface area contributed by atoms with Crippen molar-refractivity contribution in [2.75, 3.05) is 26.7 Å². The van der Waals surface area contributed by atoms with Crippen molar-refractivity contribution < 1.29 is 0 Å². The highest BCUT2D eigenvalue weighted by Gasteiger charge is 2.22. The third-order valence-electron chi connectivity index (χ3n) is 3.87. The quantitative estimate of drug-likeness (QED) is 0.892. The Hall–Kier alpha value is -1.72. The Bertz CT molecular complexity index is 652. The monoisotopic (exact) mass is 272 g/mol. The summed E-state index contributed by atoms with van der Waals surface area (Å²) in [6.07, 6.45) is 2.97. The van der Waals surface area contributed by atoms with Crippen molar-refractivity contribution in [1.29, 1.82) is 0 Å². The zero-order valence-electron chi connectivity index (χ0n) is 11.7. The highest BCUT2D eigenvalue weighted by molar-refractivity contribution is 5.37. The number of nitrogens with one attached hydrogen (secondary N) is 1. The highest BCUT2D eigenvalue weighted by atomic mass is 16.1. The number of aromatic nitrogens is 2. The molecule has 1 fully saturated rings. The van der Waals surface area contributed by atoms with Crippen LogP contribution < -0.4 is 10.9 Å². The fourth-order valence-electron chi connectivity index (χ4n) is 2.92. The molecule has 2 aromatic rings. The van der Waals surface area contributed by atoms with Crippen molar-refractivity contribution in [1.82, 2.24) is 19.6 Å². The molecule has 1 aliphatic rings. The minimum Gasteiger partial charge on any atom is -0.319 e. The SMILES string of the molecule is CNCC1CCN(Cc2cc(=O)n3ccccc3n2)C1. The average molecular weight is 272 g/mol. The summed E-state index contributed by atoms with van der Waals surface area (Å²) in [7, 11) is 1.99. The van der Waals surface area contributed by atoms with Gasteiger partial charge in [-0.2, -0.15) is 0 Å². The Kier molecular flexibility index (Phi) is 3.80. The van der Waals surface area contributed by atoms with Crippen molar-refractivity contribution in [3.8, 4) is 0 Å². The molecule has 5 nitrogen and oxygen atoms in total. The van der Waals surface area contributed by atoms with Gasteiger partial charge in [-0.1, -0.05) is 6.07 Å². The molecule has 2 aromatic heterocycles. The molecule has 20 heavy (non-hydrogen) atoms. The third-order valence-corrected chi connectivity index (χ3v) is 3.87. The molecule has 5 heteroatoms. The first-order valence-electron chi connectivity index (χ1n) is 7.10. The maximum Gasteiger partial charge on any atom is 0.258 e. The number of hydrogen-bond acceptors (Lipinski definition) is 4. The molecule has 0 radical (unpaired) electrons. The molecule has 1 atom stereocenters. The molecule has 1 unspecified atom stereocenters. The minimum atomic E-state index is -0.00317. The first-order valence-corrected chi connectivity index (χ1v) is 7.10. The Morgan fingerprint density at radius 2 is 2.35 bits per heavy atom. The maximum absolute atomic E-state index is 12.0. The normalized spacial score (nSPS) is 19.8. The lowest BCUT2D eigenvalue weighted by atomic mass is 10.1. The predicted octanol–water partition coefficient (Wildman–Crippen LogP) is 0.736. The fraction of sp³-hybridized carbons (Fsp3) is 0.467. The number of fused-ring (bicyclic) bond motifs is 1. The van der Waals surface area contributed by atoms with E-state index in [0.717, 1.165) is 37.5 Å². The zero-order valence-corrected chi connectivity index (χ0v) is 11.7. The summed E-state index contributed by atoms with van der Waals surface area (Å²) in [5.41, 5.74) is 1.59. The van der Waals surface area contributed by atoms with Gasteiger partial charge in [-0.05, 0) is 44.6 Å². The van der Waals surface area contributed by atoms with E-state index in [0.29, 0.717) is 5.92 Å². The molecule has 0 aromatic carbocycles. The van der Waals surface area contributed by atoms with E-state index in [1.165, 1.54) is 6.42 Å². The number of nitrogens with zero attached hydrogens (tertiary/aromatic N) is 3. The maximum atomic E-state index is 12.0. The van der Waals surface area contributed by atoms with Gasteiger partial charge in [-0.15, -0.1) is 0 Å². The van der Waals surface area contributed by atoms with Crippen LogP contribution in [0.5, 0.6) is 0 Å². The molecule has 0 amide bonds. The van der Waals surface area contributed by atoms with Crippen LogP contribution >= 0.6 is 0 Å². The van der Waals surface area contributed by atoms with Gasteiger partial charge < -0.3 is 5.32 Å². The lowest BCUT2D eigenvalue weighted by Gasteiger charge is -2.15. The summed E-state index contributed by atoms with van der Waals surface area (Å²) in [4.78, 5) is 19.0. The van der Waals surface area contributed by atoms with Crippen LogP contribution in [-0.4, -0.2) is 41.0 Å². The summed E-state index contributed by atoms with van der Waals surface area (Å²) >= 11 is 0. The van der Waals surface area contributed by atoms with Gasteiger partial charge in [-0.25, -0.2) is 4.98 Å². The molecule has 0 spiro atoms. The van der Waals surface area contributed by atoms with Gasteiger partial charge in [-0.3, -0.25) is 14.1 Å². The van der Waals surface area contributed by atoms with Gasteiger partial charge >= 0.3 is 0 Å². The lowest BCUT2D eigenvalue weighted by molar-refractivity contribution is 0.311. The van der Waals surface area contributed by atoms with Gasteiger partial charge in [0.1, 0.15) is 5.65 Å². The van der Waals surface area contributed by atoms with Crippen LogP contribution in [0.4, 0.5) is 0 Å². The second kappa shape index (κ2) is 5.73. The molecular weight excluding hydrogens is 252 g/mol. The number of pyridine rings is 1. The Labute approximate surface area is 118 Å². The first-order chi connectivity index (χ1) is 9.76.